The first-order chi connectivity index (χ1) is 9.76. The van der Waals surface area contributed by atoms with Gasteiger partial charge in [-0.3, -0.25) is 0 Å². The van der Waals surface area contributed by atoms with Gasteiger partial charge in [0.1, 0.15) is 5.75 Å². The molecule has 3 nitrogen and oxygen atoms in total. The number of hydrogen-bond acceptors (Lipinski definition) is 2. The first-order valence-corrected chi connectivity index (χ1v) is 7.19. The van der Waals surface area contributed by atoms with E-state index in [1.165, 1.54) is 16.5 Å². The molecule has 0 saturated carbocycles. The fraction of sp³-hybridized carbons (Fsp3) is 0.125. The summed E-state index contributed by atoms with van der Waals surface area (Å²) in [6.45, 7) is 0.761. The standard InChI is InChI=1S/C16H15BrN2O/c1-20-15-8-13(17)7-14(9-15)19-10-12-4-2-3-11-5-6-18-16(11)12/h2-9,18-19H,10H2,1H3. The first-order valence-electron chi connectivity index (χ1n) is 6.40. The van der Waals surface area contributed by atoms with Crippen molar-refractivity contribution in [3.63, 3.8) is 0 Å². The Morgan fingerprint density at radius 2 is 2.10 bits per heavy atom. The van der Waals surface area contributed by atoms with Crippen LogP contribution in [0.4, 0.5) is 5.69 Å². The minimum atomic E-state index is 0.761. The summed E-state index contributed by atoms with van der Waals surface area (Å²) in [6.07, 6.45) is 1.97. The van der Waals surface area contributed by atoms with Gasteiger partial charge < -0.3 is 15.0 Å². The van der Waals surface area contributed by atoms with Crippen LogP contribution in [0.25, 0.3) is 10.9 Å². The van der Waals surface area contributed by atoms with Crippen molar-refractivity contribution < 1.29 is 4.74 Å². The molecule has 0 fully saturated rings. The van der Waals surface area contributed by atoms with Gasteiger partial charge in [0.25, 0.3) is 0 Å². The number of nitrogens with one attached hydrogen (secondary N) is 2. The SMILES string of the molecule is COc1cc(Br)cc(NCc2cccc3cc[nH]c23)c1. The lowest BCUT2D eigenvalue weighted by atomic mass is 10.1. The zero-order valence-electron chi connectivity index (χ0n) is 11.1. The van der Waals surface area contributed by atoms with E-state index in [0.717, 1.165) is 22.5 Å². The van der Waals surface area contributed by atoms with Crippen LogP contribution >= 0.6 is 15.9 Å². The zero-order valence-corrected chi connectivity index (χ0v) is 12.7. The van der Waals surface area contributed by atoms with E-state index in [-0.39, 0.29) is 0 Å². The average molecular weight is 331 g/mol. The lowest BCUT2D eigenvalue weighted by Gasteiger charge is -2.10. The van der Waals surface area contributed by atoms with Gasteiger partial charge in [0, 0.05) is 29.0 Å². The molecule has 2 aromatic carbocycles. The number of rotatable bonds is 4. The minimum absolute atomic E-state index is 0.761. The Kier molecular flexibility index (Phi) is 3.65. The second kappa shape index (κ2) is 5.59. The second-order valence-electron chi connectivity index (χ2n) is 4.59. The molecule has 0 spiro atoms. The third-order valence-electron chi connectivity index (χ3n) is 3.26. The zero-order chi connectivity index (χ0) is 13.9. The molecule has 0 aliphatic rings. The Morgan fingerprint density at radius 3 is 2.95 bits per heavy atom. The second-order valence-corrected chi connectivity index (χ2v) is 5.51. The van der Waals surface area contributed by atoms with E-state index in [1.807, 2.05) is 24.4 Å². The summed E-state index contributed by atoms with van der Waals surface area (Å²) in [6, 6.07) is 14.4. The van der Waals surface area contributed by atoms with Crippen LogP contribution in [0.1, 0.15) is 5.56 Å². The number of H-pyrrole nitrogens is 1. The molecule has 0 atom stereocenters. The number of para-hydroxylation sites is 1. The fourth-order valence-corrected chi connectivity index (χ4v) is 2.75. The summed E-state index contributed by atoms with van der Waals surface area (Å²) in [5.41, 5.74) is 3.45. The van der Waals surface area contributed by atoms with E-state index in [9.17, 15) is 0 Å². The largest absolute Gasteiger partial charge is 0.497 e. The van der Waals surface area contributed by atoms with E-state index in [4.69, 9.17) is 4.74 Å². The Balaban J connectivity index is 1.82. The third-order valence-corrected chi connectivity index (χ3v) is 3.72. The van der Waals surface area contributed by atoms with Gasteiger partial charge in [-0.25, -0.2) is 0 Å². The van der Waals surface area contributed by atoms with Gasteiger partial charge in [-0.05, 0) is 29.1 Å². The number of halogens is 1. The highest BCUT2D eigenvalue weighted by Gasteiger charge is 2.03. The van der Waals surface area contributed by atoms with Crippen molar-refractivity contribution in [3.8, 4) is 5.75 Å². The minimum Gasteiger partial charge on any atom is -0.497 e. The molecule has 3 aromatic rings. The maximum Gasteiger partial charge on any atom is 0.122 e. The van der Waals surface area contributed by atoms with Crippen LogP contribution in [-0.2, 0) is 6.54 Å². The lowest BCUT2D eigenvalue weighted by molar-refractivity contribution is 0.414. The number of anilines is 1. The first kappa shape index (κ1) is 13.1. The number of hydrogen-bond donors (Lipinski definition) is 2. The maximum absolute atomic E-state index is 5.27. The van der Waals surface area contributed by atoms with Crippen molar-refractivity contribution in [2.45, 2.75) is 6.54 Å². The van der Waals surface area contributed by atoms with E-state index < -0.39 is 0 Å². The van der Waals surface area contributed by atoms with Gasteiger partial charge in [-0.1, -0.05) is 34.1 Å². The lowest BCUT2D eigenvalue weighted by Crippen LogP contribution is -2.00. The summed E-state index contributed by atoms with van der Waals surface area (Å²) in [5.74, 6) is 0.833. The molecule has 0 radical (unpaired) electrons. The van der Waals surface area contributed by atoms with Crippen LogP contribution in [0.15, 0.2) is 53.1 Å². The molecule has 0 aliphatic carbocycles. The summed E-state index contributed by atoms with van der Waals surface area (Å²) in [5, 5.41) is 4.66. The average Bonchev–Trinajstić information content (AvgIpc) is 2.93. The molecule has 0 saturated heterocycles. The van der Waals surface area contributed by atoms with Crippen LogP contribution in [0.5, 0.6) is 5.75 Å². The van der Waals surface area contributed by atoms with E-state index in [1.54, 1.807) is 7.11 Å². The van der Waals surface area contributed by atoms with Crippen molar-refractivity contribution in [2.24, 2.45) is 0 Å². The topological polar surface area (TPSA) is 37.0 Å². The summed E-state index contributed by atoms with van der Waals surface area (Å²) in [7, 11) is 1.67. The smallest absolute Gasteiger partial charge is 0.122 e. The molecule has 102 valence electrons. The van der Waals surface area contributed by atoms with Crippen molar-refractivity contribution >= 4 is 32.5 Å². The molecule has 0 amide bonds. The fourth-order valence-electron chi connectivity index (χ4n) is 2.28. The normalized spacial score (nSPS) is 10.7. The number of fused-ring (bicyclic) bond motifs is 1. The van der Waals surface area contributed by atoms with E-state index >= 15 is 0 Å². The van der Waals surface area contributed by atoms with Gasteiger partial charge in [-0.2, -0.15) is 0 Å². The molecule has 20 heavy (non-hydrogen) atoms. The van der Waals surface area contributed by atoms with Gasteiger partial charge in [0.15, 0.2) is 0 Å². The predicted octanol–water partition coefficient (Wildman–Crippen LogP) is 4.55. The highest BCUT2D eigenvalue weighted by molar-refractivity contribution is 9.10. The molecule has 3 rings (SSSR count). The van der Waals surface area contributed by atoms with Crippen molar-refractivity contribution in [3.05, 3.63) is 58.7 Å². The quantitative estimate of drug-likeness (QED) is 0.736. The Morgan fingerprint density at radius 1 is 1.20 bits per heavy atom. The van der Waals surface area contributed by atoms with E-state index in [0.29, 0.717) is 0 Å². The highest BCUT2D eigenvalue weighted by Crippen LogP contribution is 2.25. The molecule has 1 heterocycles. The van der Waals surface area contributed by atoms with Crippen LogP contribution in [0.2, 0.25) is 0 Å². The molecule has 1 aromatic heterocycles. The number of benzene rings is 2. The van der Waals surface area contributed by atoms with Crippen LogP contribution in [0.3, 0.4) is 0 Å². The molecular formula is C16H15BrN2O. The summed E-state index contributed by atoms with van der Waals surface area (Å²) >= 11 is 3.49. The van der Waals surface area contributed by atoms with Crippen molar-refractivity contribution in [2.75, 3.05) is 12.4 Å². The molecular weight excluding hydrogens is 316 g/mol. The van der Waals surface area contributed by atoms with Gasteiger partial charge in [0.2, 0.25) is 0 Å². The van der Waals surface area contributed by atoms with Gasteiger partial charge >= 0.3 is 0 Å². The molecule has 0 unspecified atom stereocenters. The molecule has 2 N–H and O–H groups in total. The molecule has 4 heteroatoms. The number of aromatic nitrogens is 1. The highest BCUT2D eigenvalue weighted by atomic mass is 79.9. The van der Waals surface area contributed by atoms with Gasteiger partial charge in [0.05, 0.1) is 12.6 Å². The number of methoxy groups -OCH3 is 1. The summed E-state index contributed by atoms with van der Waals surface area (Å²) < 4.78 is 6.27. The Labute approximate surface area is 126 Å². The van der Waals surface area contributed by atoms with Crippen LogP contribution in [-0.4, -0.2) is 12.1 Å². The number of ether oxygens (including phenoxy) is 1. The Bertz CT molecular complexity index is 736. The van der Waals surface area contributed by atoms with Gasteiger partial charge in [-0.15, -0.1) is 0 Å². The summed E-state index contributed by atoms with van der Waals surface area (Å²) in [4.78, 5) is 3.28. The maximum atomic E-state index is 5.27. The Hall–Kier alpha value is -1.94. The van der Waals surface area contributed by atoms with Crippen LogP contribution in [0, 0.1) is 0 Å². The molecule has 0 bridgehead atoms. The van der Waals surface area contributed by atoms with Crippen molar-refractivity contribution in [1.29, 1.82) is 0 Å². The third kappa shape index (κ3) is 2.65. The predicted molar refractivity (Wildman–Crippen MR) is 86.3 cm³/mol. The van der Waals surface area contributed by atoms with Crippen molar-refractivity contribution in [1.82, 2.24) is 4.98 Å². The molecule has 0 aliphatic heterocycles. The van der Waals surface area contributed by atoms with Crippen LogP contribution < -0.4 is 10.1 Å². The number of aromatic amines is 1. The monoisotopic (exact) mass is 330 g/mol. The van der Waals surface area contributed by atoms with E-state index in [2.05, 4.69) is 50.5 Å².